The summed E-state index contributed by atoms with van der Waals surface area (Å²) in [5.74, 6) is -0.00504. The first-order chi connectivity index (χ1) is 15.9. The molecule has 4 rings (SSSR count). The van der Waals surface area contributed by atoms with Crippen molar-refractivity contribution in [3.05, 3.63) is 82.4 Å². The summed E-state index contributed by atoms with van der Waals surface area (Å²) < 4.78 is 6.90. The predicted octanol–water partition coefficient (Wildman–Crippen LogP) is 3.15. The van der Waals surface area contributed by atoms with Gasteiger partial charge in [0.1, 0.15) is 11.9 Å². The van der Waals surface area contributed by atoms with Crippen molar-refractivity contribution in [3.63, 3.8) is 0 Å². The van der Waals surface area contributed by atoms with Gasteiger partial charge >= 0.3 is 6.03 Å². The standard InChI is InChI=1S/C23H22ClN5O4/c1-33-18-12-19(29(14-18)23(32)27-20-10-5-15(24)13-25-20)22(31)26-16-6-8-17(9-7-16)28-11-3-2-4-21(28)30/h2-11,13,18-19H,12,14H2,1H3,(H,26,31)(H,25,27,32)/t18-,19-/m1/s1. The average molecular weight is 468 g/mol. The summed E-state index contributed by atoms with van der Waals surface area (Å²) in [4.78, 5) is 43.3. The Morgan fingerprint density at radius 3 is 2.55 bits per heavy atom. The van der Waals surface area contributed by atoms with Crippen LogP contribution in [0.4, 0.5) is 16.3 Å². The maximum Gasteiger partial charge on any atom is 0.323 e. The molecule has 3 heterocycles. The van der Waals surface area contributed by atoms with Crippen molar-refractivity contribution in [2.45, 2.75) is 18.6 Å². The van der Waals surface area contributed by atoms with Crippen LogP contribution in [0.25, 0.3) is 5.69 Å². The molecule has 10 heteroatoms. The van der Waals surface area contributed by atoms with Gasteiger partial charge in [-0.15, -0.1) is 0 Å². The molecule has 33 heavy (non-hydrogen) atoms. The van der Waals surface area contributed by atoms with E-state index in [-0.39, 0.29) is 24.1 Å². The van der Waals surface area contributed by atoms with E-state index in [1.165, 1.54) is 21.7 Å². The number of anilines is 2. The molecule has 1 fully saturated rings. The Kier molecular flexibility index (Phi) is 6.71. The molecule has 0 unspecified atom stereocenters. The Morgan fingerprint density at radius 2 is 1.88 bits per heavy atom. The van der Waals surface area contributed by atoms with Crippen molar-refractivity contribution in [2.75, 3.05) is 24.3 Å². The van der Waals surface area contributed by atoms with E-state index in [4.69, 9.17) is 16.3 Å². The minimum Gasteiger partial charge on any atom is -0.380 e. The van der Waals surface area contributed by atoms with Crippen LogP contribution < -0.4 is 16.2 Å². The second-order valence-electron chi connectivity index (χ2n) is 7.50. The number of hydrogen-bond acceptors (Lipinski definition) is 5. The molecule has 2 atom stereocenters. The minimum absolute atomic E-state index is 0.150. The number of carbonyl (C=O) groups is 2. The van der Waals surface area contributed by atoms with E-state index in [1.807, 2.05) is 0 Å². The number of nitrogens with zero attached hydrogens (tertiary/aromatic N) is 3. The van der Waals surface area contributed by atoms with Crippen molar-refractivity contribution in [1.29, 1.82) is 0 Å². The largest absolute Gasteiger partial charge is 0.380 e. The minimum atomic E-state index is -0.723. The molecule has 0 radical (unpaired) electrons. The van der Waals surface area contributed by atoms with E-state index in [0.29, 0.717) is 28.6 Å². The van der Waals surface area contributed by atoms with Gasteiger partial charge in [-0.05, 0) is 42.5 Å². The molecule has 1 saturated heterocycles. The lowest BCUT2D eigenvalue weighted by atomic mass is 10.1. The van der Waals surface area contributed by atoms with Gasteiger partial charge in [0, 0.05) is 49.9 Å². The SMILES string of the molecule is CO[C@@H]1C[C@H](C(=O)Nc2ccc(-n3ccccc3=O)cc2)N(C(=O)Nc2ccc(Cl)cn2)C1. The lowest BCUT2D eigenvalue weighted by molar-refractivity contribution is -0.119. The van der Waals surface area contributed by atoms with Gasteiger partial charge < -0.3 is 15.0 Å². The van der Waals surface area contributed by atoms with Crippen LogP contribution in [0, 0.1) is 0 Å². The molecule has 3 aromatic rings. The molecular formula is C23H22ClN5O4. The van der Waals surface area contributed by atoms with E-state index in [0.717, 1.165) is 0 Å². The van der Waals surface area contributed by atoms with Crippen molar-refractivity contribution < 1.29 is 14.3 Å². The highest BCUT2D eigenvalue weighted by Gasteiger charge is 2.40. The summed E-state index contributed by atoms with van der Waals surface area (Å²) >= 11 is 5.84. The third-order valence-electron chi connectivity index (χ3n) is 5.36. The fourth-order valence-electron chi connectivity index (χ4n) is 3.64. The molecular weight excluding hydrogens is 446 g/mol. The van der Waals surface area contributed by atoms with Gasteiger partial charge in [0.15, 0.2) is 0 Å². The number of likely N-dealkylation sites (tertiary alicyclic amines) is 1. The number of amides is 3. The molecule has 3 amide bonds. The van der Waals surface area contributed by atoms with Gasteiger partial charge in [0.2, 0.25) is 5.91 Å². The Morgan fingerprint density at radius 1 is 1.09 bits per heavy atom. The molecule has 1 aliphatic heterocycles. The quantitative estimate of drug-likeness (QED) is 0.599. The smallest absolute Gasteiger partial charge is 0.323 e. The Balaban J connectivity index is 1.46. The fourth-order valence-corrected chi connectivity index (χ4v) is 3.76. The number of pyridine rings is 2. The van der Waals surface area contributed by atoms with Crippen LogP contribution >= 0.6 is 11.6 Å². The van der Waals surface area contributed by atoms with Crippen LogP contribution in [-0.4, -0.2) is 52.2 Å². The van der Waals surface area contributed by atoms with Gasteiger partial charge in [-0.3, -0.25) is 19.5 Å². The summed E-state index contributed by atoms with van der Waals surface area (Å²) in [7, 11) is 1.55. The molecule has 170 valence electrons. The molecule has 0 saturated carbocycles. The van der Waals surface area contributed by atoms with Crippen molar-refractivity contribution >= 4 is 35.0 Å². The van der Waals surface area contributed by atoms with Crippen molar-refractivity contribution in [3.8, 4) is 5.69 Å². The number of hydrogen-bond donors (Lipinski definition) is 2. The molecule has 0 spiro atoms. The van der Waals surface area contributed by atoms with Crippen LogP contribution in [0.1, 0.15) is 6.42 Å². The van der Waals surface area contributed by atoms with Gasteiger partial charge in [0.25, 0.3) is 5.56 Å². The molecule has 9 nitrogen and oxygen atoms in total. The maximum absolute atomic E-state index is 13.0. The Labute approximate surface area is 195 Å². The average Bonchev–Trinajstić information content (AvgIpc) is 3.27. The maximum atomic E-state index is 13.0. The third kappa shape index (κ3) is 5.21. The highest BCUT2D eigenvalue weighted by atomic mass is 35.5. The summed E-state index contributed by atoms with van der Waals surface area (Å²) in [5, 5.41) is 5.98. The normalized spacial score (nSPS) is 17.6. The lowest BCUT2D eigenvalue weighted by Crippen LogP contribution is -2.45. The molecule has 1 aromatic carbocycles. The number of aromatic nitrogens is 2. The van der Waals surface area contributed by atoms with E-state index < -0.39 is 12.1 Å². The number of carbonyl (C=O) groups excluding carboxylic acids is 2. The van der Waals surface area contributed by atoms with Crippen LogP contribution in [0.15, 0.2) is 71.8 Å². The third-order valence-corrected chi connectivity index (χ3v) is 5.58. The highest BCUT2D eigenvalue weighted by Crippen LogP contribution is 2.23. The fraction of sp³-hybridized carbons (Fsp3) is 0.217. The number of nitrogens with one attached hydrogen (secondary N) is 2. The number of urea groups is 1. The second-order valence-corrected chi connectivity index (χ2v) is 7.93. The van der Waals surface area contributed by atoms with Gasteiger partial charge in [-0.2, -0.15) is 0 Å². The zero-order valence-corrected chi connectivity index (χ0v) is 18.5. The van der Waals surface area contributed by atoms with Crippen molar-refractivity contribution in [2.24, 2.45) is 0 Å². The Bertz CT molecular complexity index is 1200. The first-order valence-electron chi connectivity index (χ1n) is 10.3. The van der Waals surface area contributed by atoms with Crippen LogP contribution in [0.2, 0.25) is 5.02 Å². The number of halogens is 1. The van der Waals surface area contributed by atoms with Crippen LogP contribution in [0.5, 0.6) is 0 Å². The predicted molar refractivity (Wildman–Crippen MR) is 125 cm³/mol. The topological polar surface area (TPSA) is 106 Å². The summed E-state index contributed by atoms with van der Waals surface area (Å²) in [5.41, 5.74) is 1.08. The molecule has 2 N–H and O–H groups in total. The monoisotopic (exact) mass is 467 g/mol. The van der Waals surface area contributed by atoms with E-state index >= 15 is 0 Å². The lowest BCUT2D eigenvalue weighted by Gasteiger charge is -2.23. The summed E-state index contributed by atoms with van der Waals surface area (Å²) in [6, 6.07) is 13.8. The van der Waals surface area contributed by atoms with Crippen LogP contribution in [-0.2, 0) is 9.53 Å². The van der Waals surface area contributed by atoms with E-state index in [2.05, 4.69) is 15.6 Å². The van der Waals surface area contributed by atoms with Gasteiger partial charge in [0.05, 0.1) is 11.1 Å². The first-order valence-corrected chi connectivity index (χ1v) is 10.6. The molecule has 1 aliphatic rings. The molecule has 0 bridgehead atoms. The van der Waals surface area contributed by atoms with E-state index in [9.17, 15) is 14.4 Å². The number of benzene rings is 1. The van der Waals surface area contributed by atoms with E-state index in [1.54, 1.807) is 61.8 Å². The van der Waals surface area contributed by atoms with Gasteiger partial charge in [-0.25, -0.2) is 9.78 Å². The molecule has 0 aliphatic carbocycles. The number of rotatable bonds is 5. The second kappa shape index (κ2) is 9.85. The summed E-state index contributed by atoms with van der Waals surface area (Å²) in [6.45, 7) is 0.268. The van der Waals surface area contributed by atoms with Gasteiger partial charge in [-0.1, -0.05) is 17.7 Å². The highest BCUT2D eigenvalue weighted by molar-refractivity contribution is 6.30. The first kappa shape index (κ1) is 22.5. The molecule has 2 aromatic heterocycles. The van der Waals surface area contributed by atoms with Crippen LogP contribution in [0.3, 0.4) is 0 Å². The zero-order valence-electron chi connectivity index (χ0n) is 17.8. The zero-order chi connectivity index (χ0) is 23.4. The summed E-state index contributed by atoms with van der Waals surface area (Å²) in [6.07, 6.45) is 3.19. The Hall–Kier alpha value is -3.69. The van der Waals surface area contributed by atoms with Crippen molar-refractivity contribution in [1.82, 2.24) is 14.5 Å². The number of ether oxygens (including phenoxy) is 1. The number of methoxy groups -OCH3 is 1.